The van der Waals surface area contributed by atoms with Gasteiger partial charge in [0.15, 0.2) is 12.2 Å². The van der Waals surface area contributed by atoms with Crippen molar-refractivity contribution in [3.63, 3.8) is 0 Å². The molecule has 4 heterocycles. The molecule has 138 heavy (non-hydrogen) atoms. The van der Waals surface area contributed by atoms with Gasteiger partial charge in [-0.2, -0.15) is 12.6 Å². The van der Waals surface area contributed by atoms with Crippen molar-refractivity contribution in [1.29, 1.82) is 0 Å². The van der Waals surface area contributed by atoms with Crippen molar-refractivity contribution in [2.24, 2.45) is 34.5 Å². The number of nitrogens with one attached hydrogen (secondary N) is 4. The average molecular weight is 2030 g/mol. The number of carbonyl (C=O) groups is 8. The number of likely N-dealkylation sites (N-methyl/N-ethyl adjacent to an activating group) is 4. The van der Waals surface area contributed by atoms with Crippen LogP contribution in [0.1, 0.15) is 168 Å². The SMILES string of the molecule is COc1ccc(C[C@H]2NC(=O)/C=C/C[C@@H]([C@H](C)[C@H]3O[C@@H]3c3ccc(CN(C)CCOCCOCCOCCN(C)CC(C)(C)S)cc3)OC(=O)[C@H](CC(C)C)OC(=O)C(C)(C)CNC2=O)cc1Cl.COc1ccc(C[C@H]2NC(=O)/C=C/C[C@@H]([C@H](C)[C@H]3O[C@@H]3c3ccc(CN(C)CCOCCOCCOCCN(C)CC(C)(C)SSC)cc3)OC(=O)[C@H](CC(C)C)OC(=O)C(C)(C)CNC2=O)cc1Cl. The molecule has 0 bridgehead atoms. The molecule has 0 saturated carbocycles. The summed E-state index contributed by atoms with van der Waals surface area (Å²) in [5.74, 6) is -4.41. The summed E-state index contributed by atoms with van der Waals surface area (Å²) >= 11 is 17.3. The molecule has 0 aromatic heterocycles. The summed E-state index contributed by atoms with van der Waals surface area (Å²) in [5.41, 5.74) is 3.20. The molecule has 2 fully saturated rings. The van der Waals surface area contributed by atoms with Crippen LogP contribution < -0.4 is 30.7 Å². The number of hydrogen-bond acceptors (Lipinski definition) is 29. The lowest BCUT2D eigenvalue weighted by molar-refractivity contribution is -0.179. The molecule has 772 valence electrons. The van der Waals surface area contributed by atoms with Crippen molar-refractivity contribution in [2.75, 3.05) is 180 Å². The first-order chi connectivity index (χ1) is 65.4. The number of methoxy groups -OCH3 is 2. The van der Waals surface area contributed by atoms with E-state index in [1.165, 1.54) is 26.4 Å². The Hall–Kier alpha value is -7.13. The molecule has 4 amide bonds. The number of ether oxygens (including phenoxy) is 14. The quantitative estimate of drug-likeness (QED) is 0.00685. The summed E-state index contributed by atoms with van der Waals surface area (Å²) in [6.07, 6.45) is 4.23. The molecule has 0 aliphatic carbocycles. The smallest absolute Gasteiger partial charge is 0.347 e. The first-order valence-corrected chi connectivity index (χ1v) is 51.7. The van der Waals surface area contributed by atoms with Crippen LogP contribution in [-0.2, 0) is 121 Å². The number of nitrogens with zero attached hydrogens (tertiary/aromatic N) is 4. The molecule has 30 nitrogen and oxygen atoms in total. The Labute approximate surface area is 843 Å². The van der Waals surface area contributed by atoms with Crippen molar-refractivity contribution in [1.82, 2.24) is 40.9 Å². The number of epoxide rings is 2. The molecule has 4 aliphatic rings. The zero-order valence-electron chi connectivity index (χ0n) is 85.1. The fourth-order valence-corrected chi connectivity index (χ4v) is 18.8. The Kier molecular flexibility index (Phi) is 50.5. The predicted octanol–water partition coefficient (Wildman–Crippen LogP) is 13.6. The van der Waals surface area contributed by atoms with E-state index in [1.54, 1.807) is 87.0 Å². The number of cyclic esters (lactones) is 4. The Morgan fingerprint density at radius 1 is 0.471 bits per heavy atom. The minimum Gasteiger partial charge on any atom is -0.495 e. The highest BCUT2D eigenvalue weighted by molar-refractivity contribution is 8.77. The number of thiol groups is 1. The van der Waals surface area contributed by atoms with Gasteiger partial charge in [0, 0.05) is 112 Å². The van der Waals surface area contributed by atoms with Crippen molar-refractivity contribution in [3.05, 3.63) is 153 Å². The second-order valence-electron chi connectivity index (χ2n) is 39.6. The maximum absolute atomic E-state index is 13.9. The normalized spacial score (nSPS) is 22.5. The van der Waals surface area contributed by atoms with Gasteiger partial charge in [0.05, 0.1) is 127 Å². The molecule has 2 saturated heterocycles. The summed E-state index contributed by atoms with van der Waals surface area (Å²) in [5, 5.41) is 11.9. The summed E-state index contributed by atoms with van der Waals surface area (Å²) in [7, 11) is 15.0. The molecule has 0 radical (unpaired) electrons. The van der Waals surface area contributed by atoms with Crippen LogP contribution in [0.15, 0.2) is 109 Å². The molecule has 4 aromatic rings. The molecule has 4 N–H and O–H groups in total. The number of rotatable bonds is 50. The molecule has 4 aliphatic heterocycles. The predicted molar refractivity (Wildman–Crippen MR) is 544 cm³/mol. The third-order valence-electron chi connectivity index (χ3n) is 23.7. The second-order valence-corrected chi connectivity index (χ2v) is 44.8. The van der Waals surface area contributed by atoms with E-state index >= 15 is 0 Å². The highest BCUT2D eigenvalue weighted by Crippen LogP contribution is 2.47. The number of amides is 4. The first-order valence-electron chi connectivity index (χ1n) is 48.0. The minimum absolute atomic E-state index is 0.00533. The van der Waals surface area contributed by atoms with Crippen LogP contribution in [0.3, 0.4) is 0 Å². The standard InChI is InChI=1S/C52H79ClN4O11S2.C51H77ClN4O11S/c1-35(2)29-44-49(60)66-42(13-12-14-45(58)55-41(31-38-17-20-43(62-10)40(53)30-38)48(59)54-33-51(4,5)50(61)67-44)36(3)46-47(68-46)39-18-15-37(16-19-39)32-56(8)21-23-63-25-27-65-28-26-64-24-22-57(9)34-52(6,7)70-69-11;1-34(2)28-43-48(59)65-41(12-11-13-44(57)54-40(30-37-16-19-42(61-10)39(52)29-37)47(58)53-32-50(4,5)49(60)66-43)35(3)45-46(67-45)38-17-14-36(15-18-38)31-55(8)20-22-62-24-26-64-27-25-63-23-21-56(9)33-51(6,7)68/h12,14-20,30,35-36,41-42,44,46-47H,13,21-29,31-34H2,1-11H3,(H,54,59)(H,55,58);11,13-19,29,34-35,40-41,43,45-46,68H,12,20-28,30-33H2,1-10H3,(H,53,58)(H,54,57)/b14-12+;13-11+/t36-,41+,42-,44-,46+,47+;35-,40+,41-,43-,45+,46+/m00/s1. The zero-order chi connectivity index (χ0) is 101. The number of benzene rings is 4. The van der Waals surface area contributed by atoms with Crippen molar-refractivity contribution < 1.29 is 105 Å². The van der Waals surface area contributed by atoms with E-state index in [9.17, 15) is 38.4 Å². The van der Waals surface area contributed by atoms with Gasteiger partial charge in [0.1, 0.15) is 48.0 Å². The van der Waals surface area contributed by atoms with Gasteiger partial charge in [-0.1, -0.05) is 159 Å². The monoisotopic (exact) mass is 2020 g/mol. The summed E-state index contributed by atoms with van der Waals surface area (Å²) < 4.78 is 81.7. The van der Waals surface area contributed by atoms with Gasteiger partial charge in [-0.15, -0.1) is 0 Å². The molecule has 8 rings (SSSR count). The van der Waals surface area contributed by atoms with Crippen molar-refractivity contribution in [2.45, 2.75) is 219 Å². The molecule has 0 spiro atoms. The van der Waals surface area contributed by atoms with Gasteiger partial charge >= 0.3 is 23.9 Å². The average Bonchev–Trinajstić information content (AvgIpc) is 1.63. The Bertz CT molecular complexity index is 4490. The lowest BCUT2D eigenvalue weighted by atomic mass is 9.92. The number of esters is 4. The van der Waals surface area contributed by atoms with Crippen molar-refractivity contribution in [3.8, 4) is 11.5 Å². The van der Waals surface area contributed by atoms with Crippen LogP contribution in [0.25, 0.3) is 0 Å². The first kappa shape index (κ1) is 118. The highest BCUT2D eigenvalue weighted by Gasteiger charge is 2.50. The van der Waals surface area contributed by atoms with E-state index in [4.69, 9.17) is 89.5 Å². The van der Waals surface area contributed by atoms with Gasteiger partial charge in [-0.3, -0.25) is 38.6 Å². The lowest BCUT2D eigenvalue weighted by Crippen LogP contribution is -2.51. The largest absolute Gasteiger partial charge is 0.495 e. The van der Waals surface area contributed by atoms with Crippen molar-refractivity contribution >= 4 is 105 Å². The Morgan fingerprint density at radius 2 is 0.804 bits per heavy atom. The number of carbonyl (C=O) groups excluding carboxylic acids is 8. The van der Waals surface area contributed by atoms with E-state index in [0.717, 1.165) is 74.6 Å². The third-order valence-corrected chi connectivity index (χ3v) is 27.0. The Morgan fingerprint density at radius 3 is 1.13 bits per heavy atom. The molecule has 4 aromatic carbocycles. The van der Waals surface area contributed by atoms with Crippen LogP contribution in [0.4, 0.5) is 0 Å². The Balaban J connectivity index is 0.000000376. The van der Waals surface area contributed by atoms with Crippen LogP contribution in [0.5, 0.6) is 11.5 Å². The molecular weight excluding hydrogens is 1870 g/mol. The molecule has 35 heteroatoms. The number of halogens is 2. The highest BCUT2D eigenvalue weighted by atomic mass is 35.5. The molecule has 12 atom stereocenters. The summed E-state index contributed by atoms with van der Waals surface area (Å²) in [4.78, 5) is 118. The van der Waals surface area contributed by atoms with E-state index in [-0.39, 0.29) is 109 Å². The van der Waals surface area contributed by atoms with Gasteiger partial charge in [0.25, 0.3) is 0 Å². The van der Waals surface area contributed by atoms with E-state index in [1.807, 2.05) is 52.3 Å². The van der Waals surface area contributed by atoms with Crippen LogP contribution in [0.2, 0.25) is 10.0 Å². The van der Waals surface area contributed by atoms with Gasteiger partial charge in [-0.05, 0) is 184 Å². The maximum Gasteiger partial charge on any atom is 0.347 e. The molecular formula is C103H156Cl2N8O22S3. The van der Waals surface area contributed by atoms with E-state index < -0.39 is 94.8 Å². The van der Waals surface area contributed by atoms with Gasteiger partial charge in [0.2, 0.25) is 23.6 Å². The van der Waals surface area contributed by atoms with Gasteiger partial charge in [-0.25, -0.2) is 9.59 Å². The fourth-order valence-electron chi connectivity index (χ4n) is 15.7. The topological polar surface area (TPSA) is 333 Å². The summed E-state index contributed by atoms with van der Waals surface area (Å²) in [6.45, 7) is 40.0. The van der Waals surface area contributed by atoms with Crippen LogP contribution >= 0.6 is 57.4 Å². The van der Waals surface area contributed by atoms with Crippen LogP contribution in [0, 0.1) is 34.5 Å². The third kappa shape index (κ3) is 43.2. The maximum atomic E-state index is 13.9. The number of hydrogen-bond donors (Lipinski definition) is 5. The second kappa shape index (κ2) is 59.2. The minimum atomic E-state index is -1.23. The fraction of sp³-hybridized carbons (Fsp3) is 0.650. The van der Waals surface area contributed by atoms with Gasteiger partial charge < -0.3 is 97.4 Å². The lowest BCUT2D eigenvalue weighted by Gasteiger charge is -2.29. The van der Waals surface area contributed by atoms with E-state index in [2.05, 4.69) is 164 Å². The van der Waals surface area contributed by atoms with E-state index in [0.29, 0.717) is 112 Å². The summed E-state index contributed by atoms with van der Waals surface area (Å²) in [6, 6.07) is 24.8. The molecule has 0 unspecified atom stereocenters. The van der Waals surface area contributed by atoms with Crippen LogP contribution in [-0.4, -0.2) is 306 Å². The zero-order valence-corrected chi connectivity index (χ0v) is 89.1.